The van der Waals surface area contributed by atoms with E-state index >= 15 is 0 Å². The predicted molar refractivity (Wildman–Crippen MR) is 112 cm³/mol. The number of aromatic nitrogens is 1. The molecule has 0 amide bonds. The number of pyridine rings is 1. The number of benzene rings is 2. The van der Waals surface area contributed by atoms with Crippen LogP contribution in [-0.4, -0.2) is 20.5 Å². The lowest BCUT2D eigenvalue weighted by Gasteiger charge is -2.13. The summed E-state index contributed by atoms with van der Waals surface area (Å²) < 4.78 is 33.1. The second-order valence-corrected chi connectivity index (χ2v) is 8.21. The van der Waals surface area contributed by atoms with Gasteiger partial charge in [0.1, 0.15) is 11.6 Å². The molecule has 0 atom stereocenters. The Labute approximate surface area is 165 Å². The molecule has 3 aromatic rings. The van der Waals surface area contributed by atoms with Gasteiger partial charge in [0.15, 0.2) is 0 Å². The quantitative estimate of drug-likeness (QED) is 0.637. The first-order chi connectivity index (χ1) is 13.3. The van der Waals surface area contributed by atoms with Crippen molar-refractivity contribution < 1.29 is 13.2 Å². The van der Waals surface area contributed by atoms with Crippen molar-refractivity contribution in [3.8, 4) is 5.75 Å². The van der Waals surface area contributed by atoms with Crippen LogP contribution in [0.25, 0.3) is 0 Å². The van der Waals surface area contributed by atoms with E-state index in [0.29, 0.717) is 22.8 Å². The zero-order valence-electron chi connectivity index (χ0n) is 16.3. The van der Waals surface area contributed by atoms with Crippen LogP contribution < -0.4 is 14.8 Å². The Bertz CT molecular complexity index is 1070. The number of hydrogen-bond donors (Lipinski definition) is 2. The van der Waals surface area contributed by atoms with E-state index in [0.717, 1.165) is 16.8 Å². The molecule has 7 heteroatoms. The number of aryl methyl sites for hydroxylation is 3. The molecule has 1 aromatic heterocycles. The summed E-state index contributed by atoms with van der Waals surface area (Å²) in [6, 6.07) is 14.3. The van der Waals surface area contributed by atoms with E-state index in [4.69, 9.17) is 4.74 Å². The fraction of sp³-hybridized carbons (Fsp3) is 0.190. The van der Waals surface area contributed by atoms with Crippen LogP contribution in [-0.2, 0) is 10.0 Å². The van der Waals surface area contributed by atoms with Gasteiger partial charge in [-0.05, 0) is 67.8 Å². The highest BCUT2D eigenvalue weighted by molar-refractivity contribution is 7.92. The highest BCUT2D eigenvalue weighted by atomic mass is 32.2. The molecule has 0 saturated carbocycles. The highest BCUT2D eigenvalue weighted by Gasteiger charge is 2.17. The smallest absolute Gasteiger partial charge is 0.262 e. The monoisotopic (exact) mass is 397 g/mol. The van der Waals surface area contributed by atoms with Crippen molar-refractivity contribution in [3.63, 3.8) is 0 Å². The van der Waals surface area contributed by atoms with E-state index in [1.54, 1.807) is 38.3 Å². The van der Waals surface area contributed by atoms with Crippen LogP contribution in [0.4, 0.5) is 17.2 Å². The molecule has 0 aliphatic rings. The average Bonchev–Trinajstić information content (AvgIpc) is 2.65. The Morgan fingerprint density at radius 1 is 0.929 bits per heavy atom. The number of sulfonamides is 1. The van der Waals surface area contributed by atoms with Crippen LogP contribution in [0.5, 0.6) is 5.75 Å². The van der Waals surface area contributed by atoms with Crippen LogP contribution in [0.3, 0.4) is 0 Å². The molecule has 0 aliphatic heterocycles. The first-order valence-corrected chi connectivity index (χ1v) is 10.3. The van der Waals surface area contributed by atoms with E-state index in [1.807, 2.05) is 32.0 Å². The van der Waals surface area contributed by atoms with Crippen molar-refractivity contribution in [1.29, 1.82) is 0 Å². The maximum atomic E-state index is 12.7. The van der Waals surface area contributed by atoms with Crippen molar-refractivity contribution in [1.82, 2.24) is 4.98 Å². The van der Waals surface area contributed by atoms with E-state index in [1.165, 1.54) is 12.3 Å². The minimum Gasteiger partial charge on any atom is -0.497 e. The minimum absolute atomic E-state index is 0.200. The largest absolute Gasteiger partial charge is 0.497 e. The third-order valence-corrected chi connectivity index (χ3v) is 5.96. The molecule has 2 N–H and O–H groups in total. The molecule has 0 bridgehead atoms. The second-order valence-electron chi connectivity index (χ2n) is 6.56. The fourth-order valence-electron chi connectivity index (χ4n) is 2.93. The summed E-state index contributed by atoms with van der Waals surface area (Å²) in [4.78, 5) is 4.53. The van der Waals surface area contributed by atoms with Gasteiger partial charge in [0, 0.05) is 5.69 Å². The van der Waals surface area contributed by atoms with E-state index in [2.05, 4.69) is 15.0 Å². The van der Waals surface area contributed by atoms with Crippen molar-refractivity contribution in [2.24, 2.45) is 0 Å². The van der Waals surface area contributed by atoms with Gasteiger partial charge in [0.05, 0.1) is 23.9 Å². The van der Waals surface area contributed by atoms with Gasteiger partial charge in [-0.15, -0.1) is 0 Å². The molecule has 0 saturated heterocycles. The number of nitrogens with zero attached hydrogens (tertiary/aromatic N) is 1. The lowest BCUT2D eigenvalue weighted by atomic mass is 10.1. The van der Waals surface area contributed by atoms with Crippen LogP contribution >= 0.6 is 0 Å². The molecule has 146 valence electrons. The third kappa shape index (κ3) is 4.26. The number of para-hydroxylation sites is 1. The molecule has 0 unspecified atom stereocenters. The molecule has 28 heavy (non-hydrogen) atoms. The Kier molecular flexibility index (Phi) is 5.56. The summed E-state index contributed by atoms with van der Waals surface area (Å²) in [5.41, 5.74) is 4.22. The summed E-state index contributed by atoms with van der Waals surface area (Å²) in [5.74, 6) is 1.25. The van der Waals surface area contributed by atoms with Gasteiger partial charge in [-0.2, -0.15) is 0 Å². The number of anilines is 3. The Balaban J connectivity index is 1.78. The maximum absolute atomic E-state index is 12.7. The maximum Gasteiger partial charge on any atom is 0.262 e. The molecular formula is C21H23N3O3S. The lowest BCUT2D eigenvalue weighted by Crippen LogP contribution is -2.14. The van der Waals surface area contributed by atoms with Crippen molar-refractivity contribution >= 4 is 27.2 Å². The van der Waals surface area contributed by atoms with E-state index < -0.39 is 10.0 Å². The Morgan fingerprint density at radius 2 is 1.64 bits per heavy atom. The summed E-state index contributed by atoms with van der Waals surface area (Å²) in [6.07, 6.45) is 1.49. The zero-order valence-corrected chi connectivity index (χ0v) is 17.1. The Morgan fingerprint density at radius 3 is 2.21 bits per heavy atom. The summed E-state index contributed by atoms with van der Waals surface area (Å²) in [5, 5.41) is 3.28. The van der Waals surface area contributed by atoms with Gasteiger partial charge >= 0.3 is 0 Å². The molecule has 0 spiro atoms. The first-order valence-electron chi connectivity index (χ1n) is 8.77. The highest BCUT2D eigenvalue weighted by Crippen LogP contribution is 2.25. The summed E-state index contributed by atoms with van der Waals surface area (Å²) in [7, 11) is -2.18. The zero-order chi connectivity index (χ0) is 20.3. The number of methoxy groups -OCH3 is 1. The van der Waals surface area contributed by atoms with E-state index in [9.17, 15) is 8.42 Å². The van der Waals surface area contributed by atoms with Crippen LogP contribution in [0.15, 0.2) is 59.6 Å². The summed E-state index contributed by atoms with van der Waals surface area (Å²) >= 11 is 0. The van der Waals surface area contributed by atoms with Gasteiger partial charge < -0.3 is 10.1 Å². The van der Waals surface area contributed by atoms with Gasteiger partial charge in [-0.1, -0.05) is 18.2 Å². The molecule has 2 aromatic carbocycles. The molecule has 0 radical (unpaired) electrons. The molecule has 0 fully saturated rings. The van der Waals surface area contributed by atoms with Crippen LogP contribution in [0, 0.1) is 20.8 Å². The third-order valence-electron chi connectivity index (χ3n) is 4.42. The summed E-state index contributed by atoms with van der Waals surface area (Å²) in [6.45, 7) is 5.77. The standard InChI is InChI=1S/C21H23N3O3S/c1-14-6-5-7-15(2)21(14)23-20-11-8-17(13-22-20)24-28(25,26)19-10-9-18(27-4)12-16(19)3/h5-13,24H,1-4H3,(H,22,23). The van der Waals surface area contributed by atoms with Crippen molar-refractivity contribution in [3.05, 3.63) is 71.4 Å². The van der Waals surface area contributed by atoms with Gasteiger partial charge in [0.2, 0.25) is 0 Å². The van der Waals surface area contributed by atoms with Gasteiger partial charge in [-0.3, -0.25) is 4.72 Å². The van der Waals surface area contributed by atoms with Gasteiger partial charge in [-0.25, -0.2) is 13.4 Å². The van der Waals surface area contributed by atoms with Crippen LogP contribution in [0.2, 0.25) is 0 Å². The van der Waals surface area contributed by atoms with Crippen LogP contribution in [0.1, 0.15) is 16.7 Å². The number of hydrogen-bond acceptors (Lipinski definition) is 5. The minimum atomic E-state index is -3.72. The average molecular weight is 398 g/mol. The van der Waals surface area contributed by atoms with Gasteiger partial charge in [0.25, 0.3) is 10.0 Å². The predicted octanol–water partition coefficient (Wildman–Crippen LogP) is 4.56. The number of ether oxygens (including phenoxy) is 1. The lowest BCUT2D eigenvalue weighted by molar-refractivity contribution is 0.414. The van der Waals surface area contributed by atoms with Crippen molar-refractivity contribution in [2.75, 3.05) is 17.1 Å². The Hall–Kier alpha value is -3.06. The first kappa shape index (κ1) is 19.7. The number of nitrogens with one attached hydrogen (secondary N) is 2. The molecule has 0 aliphatic carbocycles. The normalized spacial score (nSPS) is 11.1. The molecule has 3 rings (SSSR count). The number of rotatable bonds is 6. The van der Waals surface area contributed by atoms with E-state index in [-0.39, 0.29) is 4.90 Å². The molecular weight excluding hydrogens is 374 g/mol. The topological polar surface area (TPSA) is 80.3 Å². The fourth-order valence-corrected chi connectivity index (χ4v) is 4.20. The second kappa shape index (κ2) is 7.90. The molecule has 1 heterocycles. The molecule has 6 nitrogen and oxygen atoms in total. The SMILES string of the molecule is COc1ccc(S(=O)(=O)Nc2ccc(Nc3c(C)cccc3C)nc2)c(C)c1. The van der Waals surface area contributed by atoms with Crippen molar-refractivity contribution in [2.45, 2.75) is 25.7 Å².